The number of hydrogen-bond acceptors (Lipinski definition) is 6. The summed E-state index contributed by atoms with van der Waals surface area (Å²) < 4.78 is 1.42. The van der Waals surface area contributed by atoms with Gasteiger partial charge in [0.25, 0.3) is 5.91 Å². The Bertz CT molecular complexity index is 993. The first-order valence-electron chi connectivity index (χ1n) is 8.64. The number of hydrogen-bond donors (Lipinski definition) is 3. The maximum Gasteiger partial charge on any atom is 0.343 e. The minimum Gasteiger partial charge on any atom is -0.370 e. The molecule has 0 bridgehead atoms. The normalized spacial score (nSPS) is 10.6. The van der Waals surface area contributed by atoms with Crippen LogP contribution in [-0.4, -0.2) is 43.7 Å². The second-order valence-electron chi connectivity index (χ2n) is 5.89. The van der Waals surface area contributed by atoms with E-state index in [1.54, 1.807) is 37.5 Å². The number of anilines is 1. The molecular formula is C18H21N7O2. The zero-order chi connectivity index (χ0) is 19.2. The summed E-state index contributed by atoms with van der Waals surface area (Å²) >= 11 is 0. The lowest BCUT2D eigenvalue weighted by Crippen LogP contribution is -2.27. The second-order valence-corrected chi connectivity index (χ2v) is 5.89. The van der Waals surface area contributed by atoms with E-state index in [2.05, 4.69) is 30.8 Å². The molecule has 27 heavy (non-hydrogen) atoms. The molecule has 1 amide bonds. The van der Waals surface area contributed by atoms with E-state index in [-0.39, 0.29) is 11.6 Å². The smallest absolute Gasteiger partial charge is 0.343 e. The first kappa shape index (κ1) is 18.3. The van der Waals surface area contributed by atoms with Gasteiger partial charge < -0.3 is 10.6 Å². The van der Waals surface area contributed by atoms with Gasteiger partial charge in [-0.05, 0) is 25.1 Å². The Morgan fingerprint density at radius 1 is 1.30 bits per heavy atom. The monoisotopic (exact) mass is 367 g/mol. The highest BCUT2D eigenvalue weighted by molar-refractivity contribution is 5.95. The van der Waals surface area contributed by atoms with Crippen molar-refractivity contribution in [2.45, 2.75) is 13.3 Å². The van der Waals surface area contributed by atoms with Crippen LogP contribution in [0.3, 0.4) is 0 Å². The van der Waals surface area contributed by atoms with Crippen molar-refractivity contribution in [2.75, 3.05) is 18.4 Å². The highest BCUT2D eigenvalue weighted by atomic mass is 16.2. The molecule has 3 rings (SSSR count). The number of aromatic amines is 1. The third-order valence-electron chi connectivity index (χ3n) is 4.00. The third-order valence-corrected chi connectivity index (χ3v) is 4.00. The summed E-state index contributed by atoms with van der Waals surface area (Å²) in [4.78, 5) is 32.5. The van der Waals surface area contributed by atoms with Gasteiger partial charge in [0.1, 0.15) is 11.6 Å². The van der Waals surface area contributed by atoms with Crippen LogP contribution in [0.5, 0.6) is 0 Å². The van der Waals surface area contributed by atoms with Gasteiger partial charge in [0.2, 0.25) is 0 Å². The summed E-state index contributed by atoms with van der Waals surface area (Å²) in [5.74, 6) is 1.67. The molecule has 1 aromatic carbocycles. The molecule has 2 heterocycles. The maximum absolute atomic E-state index is 12.4. The fraction of sp³-hybridized carbons (Fsp3) is 0.278. The number of nitrogens with one attached hydrogen (secondary N) is 3. The molecule has 0 aliphatic carbocycles. The Labute approximate surface area is 155 Å². The molecule has 0 fully saturated rings. The summed E-state index contributed by atoms with van der Waals surface area (Å²) in [6.45, 7) is 3.13. The Hall–Kier alpha value is -3.49. The highest BCUT2D eigenvalue weighted by Crippen LogP contribution is 2.17. The molecule has 3 aromatic rings. The molecule has 0 aliphatic heterocycles. The molecule has 3 N–H and O–H groups in total. The molecule has 0 radical (unpaired) electrons. The zero-order valence-corrected chi connectivity index (χ0v) is 15.2. The molecule has 140 valence electrons. The first-order valence-corrected chi connectivity index (χ1v) is 8.64. The lowest BCUT2D eigenvalue weighted by atomic mass is 10.1. The van der Waals surface area contributed by atoms with E-state index < -0.39 is 0 Å². The van der Waals surface area contributed by atoms with Gasteiger partial charge >= 0.3 is 5.69 Å². The molecule has 2 aromatic heterocycles. The topological polar surface area (TPSA) is 118 Å². The predicted molar refractivity (Wildman–Crippen MR) is 101 cm³/mol. The van der Waals surface area contributed by atoms with Crippen molar-refractivity contribution in [2.24, 2.45) is 7.05 Å². The number of carbonyl (C=O) groups is 1. The summed E-state index contributed by atoms with van der Waals surface area (Å²) in [5.41, 5.74) is 1.00. The van der Waals surface area contributed by atoms with Gasteiger partial charge in [-0.2, -0.15) is 5.10 Å². The van der Waals surface area contributed by atoms with Crippen molar-refractivity contribution in [1.82, 2.24) is 30.0 Å². The van der Waals surface area contributed by atoms with Crippen molar-refractivity contribution in [1.29, 1.82) is 0 Å². The molecule has 9 nitrogen and oxygen atoms in total. The van der Waals surface area contributed by atoms with Crippen LogP contribution in [0.1, 0.15) is 23.1 Å². The Balaban J connectivity index is 1.67. The van der Waals surface area contributed by atoms with Crippen LogP contribution >= 0.6 is 0 Å². The minimum atomic E-state index is -0.274. The van der Waals surface area contributed by atoms with E-state index in [1.807, 2.05) is 13.0 Å². The molecule has 0 spiro atoms. The van der Waals surface area contributed by atoms with Crippen LogP contribution in [0.25, 0.3) is 11.4 Å². The van der Waals surface area contributed by atoms with Crippen LogP contribution in [0, 0.1) is 0 Å². The standard InChI is InChI=1S/C18H21N7O2/c1-3-19-14-7-9-20-16(22-14)12-5-4-6-13(11-12)17(26)21-10-8-15-23-24-18(27)25(15)2/h4-7,9,11H,3,8,10H2,1-2H3,(H,21,26)(H,24,27)(H,19,20,22). The Morgan fingerprint density at radius 2 is 2.15 bits per heavy atom. The van der Waals surface area contributed by atoms with E-state index in [4.69, 9.17) is 0 Å². The number of benzene rings is 1. The van der Waals surface area contributed by atoms with E-state index in [0.29, 0.717) is 30.2 Å². The SMILES string of the molecule is CCNc1ccnc(-c2cccc(C(=O)NCCc3n[nH]c(=O)n3C)c2)n1. The van der Waals surface area contributed by atoms with Gasteiger partial charge in [0.05, 0.1) is 0 Å². The Morgan fingerprint density at radius 3 is 2.89 bits per heavy atom. The van der Waals surface area contributed by atoms with Crippen LogP contribution < -0.4 is 16.3 Å². The molecule has 0 atom stereocenters. The van der Waals surface area contributed by atoms with Gasteiger partial charge in [-0.15, -0.1) is 0 Å². The molecule has 9 heteroatoms. The number of rotatable bonds is 7. The van der Waals surface area contributed by atoms with Gasteiger partial charge in [0, 0.05) is 43.9 Å². The van der Waals surface area contributed by atoms with Crippen LogP contribution in [0.15, 0.2) is 41.3 Å². The van der Waals surface area contributed by atoms with Crippen LogP contribution in [-0.2, 0) is 13.5 Å². The van der Waals surface area contributed by atoms with Crippen molar-refractivity contribution < 1.29 is 4.79 Å². The minimum absolute atomic E-state index is 0.208. The van der Waals surface area contributed by atoms with Crippen molar-refractivity contribution in [3.63, 3.8) is 0 Å². The number of amides is 1. The summed E-state index contributed by atoms with van der Waals surface area (Å²) in [7, 11) is 1.63. The van der Waals surface area contributed by atoms with Crippen molar-refractivity contribution >= 4 is 11.7 Å². The lowest BCUT2D eigenvalue weighted by Gasteiger charge is -2.08. The van der Waals surface area contributed by atoms with Crippen LogP contribution in [0.4, 0.5) is 5.82 Å². The molecular weight excluding hydrogens is 346 g/mol. The lowest BCUT2D eigenvalue weighted by molar-refractivity contribution is 0.0954. The fourth-order valence-corrected chi connectivity index (χ4v) is 2.57. The largest absolute Gasteiger partial charge is 0.370 e. The number of H-pyrrole nitrogens is 1. The highest BCUT2D eigenvalue weighted by Gasteiger charge is 2.10. The van der Waals surface area contributed by atoms with Gasteiger partial charge in [0.15, 0.2) is 5.82 Å². The molecule has 0 saturated carbocycles. The van der Waals surface area contributed by atoms with Gasteiger partial charge in [-0.3, -0.25) is 9.36 Å². The summed E-state index contributed by atoms with van der Waals surface area (Å²) in [6, 6.07) is 8.94. The average Bonchev–Trinajstić information content (AvgIpc) is 3.01. The van der Waals surface area contributed by atoms with E-state index in [9.17, 15) is 9.59 Å². The summed E-state index contributed by atoms with van der Waals surface area (Å²) in [6.07, 6.45) is 2.13. The number of carbonyl (C=O) groups excluding carboxylic acids is 1. The van der Waals surface area contributed by atoms with Gasteiger partial charge in [-0.1, -0.05) is 12.1 Å². The van der Waals surface area contributed by atoms with E-state index >= 15 is 0 Å². The zero-order valence-electron chi connectivity index (χ0n) is 15.2. The quantitative estimate of drug-likeness (QED) is 0.573. The van der Waals surface area contributed by atoms with Crippen LogP contribution in [0.2, 0.25) is 0 Å². The first-order chi connectivity index (χ1) is 13.1. The molecule has 0 aliphatic rings. The van der Waals surface area contributed by atoms with Gasteiger partial charge in [-0.25, -0.2) is 19.9 Å². The predicted octanol–water partition coefficient (Wildman–Crippen LogP) is 0.970. The van der Waals surface area contributed by atoms with E-state index in [1.165, 1.54) is 4.57 Å². The molecule has 0 saturated heterocycles. The fourth-order valence-electron chi connectivity index (χ4n) is 2.57. The average molecular weight is 367 g/mol. The van der Waals surface area contributed by atoms with E-state index in [0.717, 1.165) is 17.9 Å². The number of nitrogens with zero attached hydrogens (tertiary/aromatic N) is 4. The number of aromatic nitrogens is 5. The molecule has 0 unspecified atom stereocenters. The second kappa shape index (κ2) is 8.26. The van der Waals surface area contributed by atoms with Crippen molar-refractivity contribution in [3.05, 3.63) is 58.4 Å². The maximum atomic E-state index is 12.4. The van der Waals surface area contributed by atoms with Crippen molar-refractivity contribution in [3.8, 4) is 11.4 Å². The third kappa shape index (κ3) is 4.38. The Kier molecular flexibility index (Phi) is 5.60. The summed E-state index contributed by atoms with van der Waals surface area (Å²) in [5, 5.41) is 12.3.